The third kappa shape index (κ3) is 4.58. The molecule has 0 radical (unpaired) electrons. The second-order valence-corrected chi connectivity index (χ2v) is 3.87. The lowest BCUT2D eigenvalue weighted by Gasteiger charge is -2.12. The SMILES string of the molecule is Cl.O=C(NCc1ccncc1)N[C@@H]1CCNC1. The highest BCUT2D eigenvalue weighted by Gasteiger charge is 2.15. The van der Waals surface area contributed by atoms with E-state index in [9.17, 15) is 4.79 Å². The Kier molecular flexibility index (Phi) is 5.72. The molecule has 17 heavy (non-hydrogen) atoms. The van der Waals surface area contributed by atoms with E-state index in [1.807, 2.05) is 12.1 Å². The van der Waals surface area contributed by atoms with Crippen LogP contribution < -0.4 is 16.0 Å². The number of amides is 2. The van der Waals surface area contributed by atoms with Crippen LogP contribution in [0.4, 0.5) is 4.79 Å². The van der Waals surface area contributed by atoms with Crippen molar-refractivity contribution in [2.24, 2.45) is 0 Å². The molecule has 1 atom stereocenters. The van der Waals surface area contributed by atoms with Crippen LogP contribution in [-0.4, -0.2) is 30.1 Å². The zero-order valence-electron chi connectivity index (χ0n) is 9.48. The molecular formula is C11H17ClN4O. The molecule has 3 N–H and O–H groups in total. The summed E-state index contributed by atoms with van der Waals surface area (Å²) in [6, 6.07) is 3.93. The summed E-state index contributed by atoms with van der Waals surface area (Å²) in [6.07, 6.45) is 4.44. The zero-order valence-corrected chi connectivity index (χ0v) is 10.3. The molecule has 0 aromatic carbocycles. The van der Waals surface area contributed by atoms with Crippen LogP contribution >= 0.6 is 12.4 Å². The Morgan fingerprint density at radius 2 is 2.24 bits per heavy atom. The number of hydrogen-bond acceptors (Lipinski definition) is 3. The van der Waals surface area contributed by atoms with Gasteiger partial charge in [-0.3, -0.25) is 4.98 Å². The van der Waals surface area contributed by atoms with Crippen LogP contribution in [0.15, 0.2) is 24.5 Å². The Bertz CT molecular complexity index is 341. The summed E-state index contributed by atoms with van der Waals surface area (Å²) < 4.78 is 0. The molecular weight excluding hydrogens is 240 g/mol. The average Bonchev–Trinajstić information content (AvgIpc) is 2.81. The maximum Gasteiger partial charge on any atom is 0.315 e. The number of urea groups is 1. The van der Waals surface area contributed by atoms with E-state index in [-0.39, 0.29) is 24.5 Å². The minimum atomic E-state index is -0.106. The molecule has 0 spiro atoms. The molecule has 1 aliphatic heterocycles. The largest absolute Gasteiger partial charge is 0.334 e. The molecule has 5 nitrogen and oxygen atoms in total. The van der Waals surface area contributed by atoms with E-state index in [4.69, 9.17) is 0 Å². The van der Waals surface area contributed by atoms with Gasteiger partial charge in [0, 0.05) is 31.5 Å². The Labute approximate surface area is 107 Å². The molecule has 6 heteroatoms. The van der Waals surface area contributed by atoms with Crippen LogP contribution in [0.5, 0.6) is 0 Å². The highest BCUT2D eigenvalue weighted by Crippen LogP contribution is 1.97. The van der Waals surface area contributed by atoms with Crippen LogP contribution in [0.25, 0.3) is 0 Å². The second-order valence-electron chi connectivity index (χ2n) is 3.87. The number of nitrogens with one attached hydrogen (secondary N) is 3. The highest BCUT2D eigenvalue weighted by molar-refractivity contribution is 5.85. The van der Waals surface area contributed by atoms with Crippen molar-refractivity contribution in [3.63, 3.8) is 0 Å². The summed E-state index contributed by atoms with van der Waals surface area (Å²) in [4.78, 5) is 15.4. The number of aromatic nitrogens is 1. The molecule has 1 aromatic rings. The van der Waals surface area contributed by atoms with Gasteiger partial charge in [0.05, 0.1) is 0 Å². The lowest BCUT2D eigenvalue weighted by Crippen LogP contribution is -2.42. The molecule has 2 rings (SSSR count). The fraction of sp³-hybridized carbons (Fsp3) is 0.455. The molecule has 0 bridgehead atoms. The number of pyridine rings is 1. The van der Waals surface area contributed by atoms with Gasteiger partial charge in [0.15, 0.2) is 0 Å². The number of carbonyl (C=O) groups excluding carboxylic acids is 1. The molecule has 1 aliphatic rings. The fourth-order valence-corrected chi connectivity index (χ4v) is 1.70. The second kappa shape index (κ2) is 7.09. The van der Waals surface area contributed by atoms with Crippen LogP contribution in [0.2, 0.25) is 0 Å². The summed E-state index contributed by atoms with van der Waals surface area (Å²) >= 11 is 0. The standard InChI is InChI=1S/C11H16N4O.ClH/c16-11(15-10-3-6-13-8-10)14-7-9-1-4-12-5-2-9;/h1-2,4-5,10,13H,3,6-8H2,(H2,14,15,16);1H/t10-;/m1./s1. The summed E-state index contributed by atoms with van der Waals surface area (Å²) in [5, 5.41) is 8.94. The first kappa shape index (κ1) is 13.7. The van der Waals surface area contributed by atoms with Crippen molar-refractivity contribution in [3.05, 3.63) is 30.1 Å². The van der Waals surface area contributed by atoms with Crippen molar-refractivity contribution in [2.45, 2.75) is 19.0 Å². The first-order valence-corrected chi connectivity index (χ1v) is 5.48. The molecule has 2 heterocycles. The number of carbonyl (C=O) groups is 1. The van der Waals surface area contributed by atoms with Crippen molar-refractivity contribution in [1.82, 2.24) is 20.9 Å². The molecule has 0 aliphatic carbocycles. The van der Waals surface area contributed by atoms with Crippen LogP contribution in [-0.2, 0) is 6.54 Å². The van der Waals surface area contributed by atoms with Gasteiger partial charge in [-0.2, -0.15) is 0 Å². The van der Waals surface area contributed by atoms with Crippen molar-refractivity contribution in [3.8, 4) is 0 Å². The highest BCUT2D eigenvalue weighted by atomic mass is 35.5. The Balaban J connectivity index is 0.00000144. The molecule has 0 unspecified atom stereocenters. The fourth-order valence-electron chi connectivity index (χ4n) is 1.70. The van der Waals surface area contributed by atoms with Crippen LogP contribution in [0.3, 0.4) is 0 Å². The van der Waals surface area contributed by atoms with E-state index in [0.29, 0.717) is 6.54 Å². The maximum atomic E-state index is 11.5. The predicted molar refractivity (Wildman–Crippen MR) is 68.1 cm³/mol. The molecule has 1 aromatic heterocycles. The molecule has 2 amide bonds. The summed E-state index contributed by atoms with van der Waals surface area (Å²) in [5.41, 5.74) is 1.05. The third-order valence-corrected chi connectivity index (χ3v) is 2.60. The number of halogens is 1. The van der Waals surface area contributed by atoms with Gasteiger partial charge in [-0.15, -0.1) is 12.4 Å². The lowest BCUT2D eigenvalue weighted by molar-refractivity contribution is 0.237. The minimum absolute atomic E-state index is 0. The van der Waals surface area contributed by atoms with Gasteiger partial charge in [0.2, 0.25) is 0 Å². The first-order valence-electron chi connectivity index (χ1n) is 5.48. The molecule has 1 saturated heterocycles. The first-order chi connectivity index (χ1) is 7.84. The van der Waals surface area contributed by atoms with Crippen LogP contribution in [0.1, 0.15) is 12.0 Å². The number of rotatable bonds is 3. The van der Waals surface area contributed by atoms with E-state index >= 15 is 0 Å². The molecule has 1 fully saturated rings. The third-order valence-electron chi connectivity index (χ3n) is 2.60. The predicted octanol–water partition coefficient (Wildman–Crippen LogP) is 0.664. The van der Waals surface area contributed by atoms with Crippen LogP contribution in [0, 0.1) is 0 Å². The van der Waals surface area contributed by atoms with Gasteiger partial charge in [-0.05, 0) is 30.7 Å². The van der Waals surface area contributed by atoms with Gasteiger partial charge >= 0.3 is 6.03 Å². The average molecular weight is 257 g/mol. The topological polar surface area (TPSA) is 66.0 Å². The zero-order chi connectivity index (χ0) is 11.2. The number of hydrogen-bond donors (Lipinski definition) is 3. The number of nitrogens with zero attached hydrogens (tertiary/aromatic N) is 1. The normalized spacial score (nSPS) is 18.2. The smallest absolute Gasteiger partial charge is 0.315 e. The monoisotopic (exact) mass is 256 g/mol. The maximum absolute atomic E-state index is 11.5. The lowest BCUT2D eigenvalue weighted by atomic mass is 10.2. The van der Waals surface area contributed by atoms with Gasteiger partial charge in [-0.1, -0.05) is 0 Å². The van der Waals surface area contributed by atoms with E-state index in [0.717, 1.165) is 25.1 Å². The van der Waals surface area contributed by atoms with E-state index in [1.54, 1.807) is 12.4 Å². The van der Waals surface area contributed by atoms with Crippen molar-refractivity contribution in [2.75, 3.05) is 13.1 Å². The Hall–Kier alpha value is -1.33. The van der Waals surface area contributed by atoms with Gasteiger partial charge in [0.1, 0.15) is 0 Å². The van der Waals surface area contributed by atoms with Crippen molar-refractivity contribution in [1.29, 1.82) is 0 Å². The van der Waals surface area contributed by atoms with Gasteiger partial charge < -0.3 is 16.0 Å². The van der Waals surface area contributed by atoms with Gasteiger partial charge in [0.25, 0.3) is 0 Å². The molecule has 0 saturated carbocycles. The Morgan fingerprint density at radius 1 is 1.47 bits per heavy atom. The summed E-state index contributed by atoms with van der Waals surface area (Å²) in [7, 11) is 0. The molecule has 94 valence electrons. The summed E-state index contributed by atoms with van der Waals surface area (Å²) in [6.45, 7) is 2.38. The minimum Gasteiger partial charge on any atom is -0.334 e. The van der Waals surface area contributed by atoms with E-state index < -0.39 is 0 Å². The van der Waals surface area contributed by atoms with E-state index in [2.05, 4.69) is 20.9 Å². The van der Waals surface area contributed by atoms with Crippen molar-refractivity contribution >= 4 is 18.4 Å². The quantitative estimate of drug-likeness (QED) is 0.745. The Morgan fingerprint density at radius 3 is 2.88 bits per heavy atom. The van der Waals surface area contributed by atoms with Crippen molar-refractivity contribution < 1.29 is 4.79 Å². The van der Waals surface area contributed by atoms with E-state index in [1.165, 1.54) is 0 Å². The summed E-state index contributed by atoms with van der Waals surface area (Å²) in [5.74, 6) is 0. The van der Waals surface area contributed by atoms with Gasteiger partial charge in [-0.25, -0.2) is 4.79 Å².